The van der Waals surface area contributed by atoms with Crippen LogP contribution in [0.3, 0.4) is 0 Å². The SMILES string of the molecule is CC1C=Cc2cc(-c3ccc(-c4cc([C@@H](C)/N=C(/c5ccccc5)C5CCC=CC5N)cc5oc6ccc7ccccc7c6c45)cc3)ccc2C1. The number of hydrogen-bond acceptors (Lipinski definition) is 3. The second-order valence-corrected chi connectivity index (χ2v) is 14.5. The van der Waals surface area contributed by atoms with Gasteiger partial charge in [-0.1, -0.05) is 128 Å². The molecule has 2 aliphatic rings. The molecular weight excluding hydrogens is 621 g/mol. The number of rotatable bonds is 6. The van der Waals surface area contributed by atoms with Gasteiger partial charge in [0.15, 0.2) is 0 Å². The van der Waals surface area contributed by atoms with Crippen LogP contribution < -0.4 is 5.73 Å². The predicted octanol–water partition coefficient (Wildman–Crippen LogP) is 12.1. The zero-order valence-electron chi connectivity index (χ0n) is 29.2. The Morgan fingerprint density at radius 2 is 1.55 bits per heavy atom. The smallest absolute Gasteiger partial charge is 0.136 e. The highest BCUT2D eigenvalue weighted by Crippen LogP contribution is 2.43. The quantitative estimate of drug-likeness (QED) is 0.142. The monoisotopic (exact) mass is 662 g/mol. The number of aliphatic imine (C=N–C) groups is 1. The Morgan fingerprint density at radius 1 is 0.765 bits per heavy atom. The van der Waals surface area contributed by atoms with Gasteiger partial charge < -0.3 is 10.2 Å². The molecule has 1 heterocycles. The topological polar surface area (TPSA) is 51.5 Å². The molecule has 6 aromatic carbocycles. The number of benzene rings is 6. The molecule has 0 spiro atoms. The Bertz CT molecular complexity index is 2500. The lowest BCUT2D eigenvalue weighted by Crippen LogP contribution is -2.36. The van der Waals surface area contributed by atoms with Crippen LogP contribution in [0.2, 0.25) is 0 Å². The van der Waals surface area contributed by atoms with Gasteiger partial charge in [-0.25, -0.2) is 0 Å². The fraction of sp³-hybridized carbons (Fsp3) is 0.188. The van der Waals surface area contributed by atoms with Gasteiger partial charge in [0, 0.05) is 28.4 Å². The van der Waals surface area contributed by atoms with Gasteiger partial charge in [-0.05, 0) is 112 Å². The molecule has 2 N–H and O–H groups in total. The maximum absolute atomic E-state index is 6.71. The molecule has 4 atom stereocenters. The first-order chi connectivity index (χ1) is 25.0. The van der Waals surface area contributed by atoms with Gasteiger partial charge in [0.05, 0.1) is 6.04 Å². The molecule has 3 unspecified atom stereocenters. The molecule has 7 aromatic rings. The van der Waals surface area contributed by atoms with Crippen molar-refractivity contribution in [2.45, 2.75) is 45.2 Å². The number of hydrogen-bond donors (Lipinski definition) is 1. The summed E-state index contributed by atoms with van der Waals surface area (Å²) in [7, 11) is 0. The predicted molar refractivity (Wildman–Crippen MR) is 215 cm³/mol. The van der Waals surface area contributed by atoms with Crippen LogP contribution in [0.1, 0.15) is 55.0 Å². The number of fused-ring (bicyclic) bond motifs is 6. The summed E-state index contributed by atoms with van der Waals surface area (Å²) in [5.41, 5.74) is 19.4. The Morgan fingerprint density at radius 3 is 2.39 bits per heavy atom. The molecule has 0 saturated heterocycles. The van der Waals surface area contributed by atoms with Crippen molar-refractivity contribution < 1.29 is 4.42 Å². The highest BCUT2D eigenvalue weighted by molar-refractivity contribution is 6.22. The first kappa shape index (κ1) is 31.5. The maximum Gasteiger partial charge on any atom is 0.136 e. The van der Waals surface area contributed by atoms with Crippen LogP contribution in [0.15, 0.2) is 149 Å². The van der Waals surface area contributed by atoms with E-state index in [1.165, 1.54) is 33.0 Å². The maximum atomic E-state index is 6.71. The summed E-state index contributed by atoms with van der Waals surface area (Å²) in [5, 5.41) is 4.71. The highest BCUT2D eigenvalue weighted by atomic mass is 16.3. The standard InChI is InChI=1S/C48H42N2O/c1-30-16-17-38-27-37(23-22-36(38)26-30)32-18-20-34(21-19-32)42-28-39(29-45-47(42)46-40-13-7-6-10-33(40)24-25-44(46)51-45)31(2)50-48(35-11-4-3-5-12-35)41-14-8-9-15-43(41)49/h3-7,9-13,15-25,27-31,41,43H,8,14,26,49H2,1-2H3/b50-48-/t30?,31-,41?,43?/m1/s1. The molecule has 250 valence electrons. The fourth-order valence-electron chi connectivity index (χ4n) is 8.25. The van der Waals surface area contributed by atoms with Crippen LogP contribution in [0.25, 0.3) is 61.0 Å². The average Bonchev–Trinajstić information content (AvgIpc) is 3.56. The summed E-state index contributed by atoms with van der Waals surface area (Å²) in [4.78, 5) is 5.49. The van der Waals surface area contributed by atoms with E-state index in [1.807, 2.05) is 0 Å². The van der Waals surface area contributed by atoms with Gasteiger partial charge in [0.25, 0.3) is 0 Å². The molecule has 0 fully saturated rings. The minimum absolute atomic E-state index is 0.0557. The van der Waals surface area contributed by atoms with Crippen LogP contribution in [-0.2, 0) is 6.42 Å². The Hall–Kier alpha value is -5.51. The molecule has 9 rings (SSSR count). The summed E-state index contributed by atoms with van der Waals surface area (Å²) < 4.78 is 6.71. The van der Waals surface area contributed by atoms with Crippen LogP contribution in [0.5, 0.6) is 0 Å². The normalized spacial score (nSPS) is 19.5. The third-order valence-electron chi connectivity index (χ3n) is 11.0. The van der Waals surface area contributed by atoms with Crippen molar-refractivity contribution in [1.29, 1.82) is 0 Å². The number of nitrogens with zero attached hydrogens (tertiary/aromatic N) is 1. The van der Waals surface area contributed by atoms with E-state index in [9.17, 15) is 0 Å². The first-order valence-corrected chi connectivity index (χ1v) is 18.4. The second kappa shape index (κ2) is 13.0. The molecule has 3 heteroatoms. The Labute approximate surface area is 299 Å². The van der Waals surface area contributed by atoms with E-state index >= 15 is 0 Å². The van der Waals surface area contributed by atoms with Crippen molar-refractivity contribution in [2.75, 3.05) is 0 Å². The van der Waals surface area contributed by atoms with Gasteiger partial charge in [-0.3, -0.25) is 4.99 Å². The van der Waals surface area contributed by atoms with Gasteiger partial charge in [0.1, 0.15) is 11.2 Å². The zero-order chi connectivity index (χ0) is 34.5. The minimum Gasteiger partial charge on any atom is -0.456 e. The molecular formula is C48H42N2O. The van der Waals surface area contributed by atoms with E-state index in [-0.39, 0.29) is 18.0 Å². The van der Waals surface area contributed by atoms with Crippen molar-refractivity contribution in [2.24, 2.45) is 22.6 Å². The van der Waals surface area contributed by atoms with E-state index in [0.717, 1.165) is 69.2 Å². The lowest BCUT2D eigenvalue weighted by molar-refractivity contribution is 0.541. The van der Waals surface area contributed by atoms with Crippen molar-refractivity contribution in [3.05, 3.63) is 162 Å². The molecule has 0 amide bonds. The molecule has 0 aliphatic heterocycles. The highest BCUT2D eigenvalue weighted by Gasteiger charge is 2.26. The van der Waals surface area contributed by atoms with E-state index < -0.39 is 0 Å². The van der Waals surface area contributed by atoms with Crippen molar-refractivity contribution in [3.8, 4) is 22.3 Å². The van der Waals surface area contributed by atoms with Crippen LogP contribution in [0, 0.1) is 11.8 Å². The lowest BCUT2D eigenvalue weighted by Gasteiger charge is -2.27. The Kier molecular flexibility index (Phi) is 8.01. The minimum atomic E-state index is -0.114. The van der Waals surface area contributed by atoms with Crippen LogP contribution in [0.4, 0.5) is 0 Å². The summed E-state index contributed by atoms with van der Waals surface area (Å²) in [6, 6.07) is 43.8. The molecule has 0 saturated carbocycles. The number of furan rings is 1. The Balaban J connectivity index is 1.19. The fourth-order valence-corrected chi connectivity index (χ4v) is 8.25. The largest absolute Gasteiger partial charge is 0.456 e. The van der Waals surface area contributed by atoms with Gasteiger partial charge in [-0.15, -0.1) is 0 Å². The van der Waals surface area contributed by atoms with E-state index in [2.05, 4.69) is 159 Å². The van der Waals surface area contributed by atoms with E-state index in [0.29, 0.717) is 5.92 Å². The second-order valence-electron chi connectivity index (χ2n) is 14.5. The lowest BCUT2D eigenvalue weighted by atomic mass is 9.83. The van der Waals surface area contributed by atoms with Gasteiger partial charge >= 0.3 is 0 Å². The third-order valence-corrected chi connectivity index (χ3v) is 11.0. The van der Waals surface area contributed by atoms with Crippen molar-refractivity contribution in [3.63, 3.8) is 0 Å². The van der Waals surface area contributed by atoms with Gasteiger partial charge in [0.2, 0.25) is 0 Å². The summed E-state index contributed by atoms with van der Waals surface area (Å²) in [6.45, 7) is 4.48. The summed E-state index contributed by atoms with van der Waals surface area (Å²) in [5.74, 6) is 0.752. The molecule has 0 bridgehead atoms. The van der Waals surface area contributed by atoms with Crippen LogP contribution in [-0.4, -0.2) is 11.8 Å². The number of nitrogens with two attached hydrogens (primary N) is 1. The zero-order valence-corrected chi connectivity index (χ0v) is 29.2. The first-order valence-electron chi connectivity index (χ1n) is 18.4. The van der Waals surface area contributed by atoms with E-state index in [4.69, 9.17) is 15.1 Å². The van der Waals surface area contributed by atoms with Crippen molar-refractivity contribution >= 4 is 44.5 Å². The van der Waals surface area contributed by atoms with E-state index in [1.54, 1.807) is 0 Å². The van der Waals surface area contributed by atoms with Crippen molar-refractivity contribution in [1.82, 2.24) is 0 Å². The molecule has 51 heavy (non-hydrogen) atoms. The molecule has 0 radical (unpaired) electrons. The summed E-state index contributed by atoms with van der Waals surface area (Å²) >= 11 is 0. The molecule has 2 aliphatic carbocycles. The summed E-state index contributed by atoms with van der Waals surface area (Å²) in [6.07, 6.45) is 12.1. The molecule has 1 aromatic heterocycles. The number of allylic oxidation sites excluding steroid dienone is 2. The average molecular weight is 663 g/mol. The van der Waals surface area contributed by atoms with Gasteiger partial charge in [-0.2, -0.15) is 0 Å². The van der Waals surface area contributed by atoms with Crippen LogP contribution >= 0.6 is 0 Å². The molecule has 3 nitrogen and oxygen atoms in total. The third kappa shape index (κ3) is 5.82.